The zero-order chi connectivity index (χ0) is 24.9. The zero-order valence-corrected chi connectivity index (χ0v) is 21.4. The van der Waals surface area contributed by atoms with Crippen molar-refractivity contribution in [1.82, 2.24) is 15.5 Å². The molecule has 3 atom stereocenters. The van der Waals surface area contributed by atoms with Gasteiger partial charge in [0.25, 0.3) is 0 Å². The van der Waals surface area contributed by atoms with Gasteiger partial charge in [-0.2, -0.15) is 0 Å². The van der Waals surface area contributed by atoms with Gasteiger partial charge in [-0.1, -0.05) is 50.1 Å². The predicted octanol–water partition coefficient (Wildman–Crippen LogP) is 4.49. The van der Waals surface area contributed by atoms with Gasteiger partial charge in [-0.3, -0.25) is 9.59 Å². The molecule has 2 N–H and O–H groups in total. The third kappa shape index (κ3) is 7.76. The Bertz CT molecular complexity index is 842. The normalized spacial score (nSPS) is 16.5. The SMILES string of the molecule is CCC(C)C(NC(=O)OC(C)(C)C)C(=O)N(C1CC1)C(C(=O)NC(C)C)c1cccc(C)c1. The molecule has 0 heterocycles. The van der Waals surface area contributed by atoms with Crippen molar-refractivity contribution in [3.63, 3.8) is 0 Å². The molecular weight excluding hydrogens is 418 g/mol. The summed E-state index contributed by atoms with van der Waals surface area (Å²) in [6.45, 7) is 15.0. The molecule has 1 saturated carbocycles. The molecule has 1 aromatic carbocycles. The van der Waals surface area contributed by atoms with Gasteiger partial charge >= 0.3 is 6.09 Å². The zero-order valence-electron chi connectivity index (χ0n) is 21.4. The fourth-order valence-electron chi connectivity index (χ4n) is 3.79. The second-order valence-electron chi connectivity index (χ2n) is 10.5. The largest absolute Gasteiger partial charge is 0.444 e. The van der Waals surface area contributed by atoms with Crippen LogP contribution in [0.3, 0.4) is 0 Å². The number of amides is 3. The highest BCUT2D eigenvalue weighted by Crippen LogP contribution is 2.36. The average Bonchev–Trinajstić information content (AvgIpc) is 3.52. The number of carbonyl (C=O) groups is 3. The van der Waals surface area contributed by atoms with Crippen molar-refractivity contribution in [3.8, 4) is 0 Å². The van der Waals surface area contributed by atoms with E-state index in [1.807, 2.05) is 58.9 Å². The van der Waals surface area contributed by atoms with Crippen molar-refractivity contribution in [1.29, 1.82) is 0 Å². The standard InChI is InChI=1S/C26H41N3O4/c1-9-18(5)21(28-25(32)33-26(6,7)8)24(31)29(20-13-14-20)22(23(30)27-16(2)3)19-12-10-11-17(4)15-19/h10-12,15-16,18,20-22H,9,13-14H2,1-8H3,(H,27,30)(H,28,32). The first-order chi connectivity index (χ1) is 15.3. The molecule has 0 radical (unpaired) electrons. The van der Waals surface area contributed by atoms with E-state index in [0.717, 1.165) is 24.0 Å². The van der Waals surface area contributed by atoms with Gasteiger partial charge < -0.3 is 20.3 Å². The molecule has 0 aliphatic heterocycles. The summed E-state index contributed by atoms with van der Waals surface area (Å²) in [6.07, 6.45) is 1.74. The van der Waals surface area contributed by atoms with Crippen LogP contribution in [0.1, 0.15) is 84.9 Å². The third-order valence-corrected chi connectivity index (χ3v) is 5.66. The minimum absolute atomic E-state index is 0.0343. The molecule has 33 heavy (non-hydrogen) atoms. The van der Waals surface area contributed by atoms with E-state index in [0.29, 0.717) is 6.42 Å². The highest BCUT2D eigenvalue weighted by atomic mass is 16.6. The van der Waals surface area contributed by atoms with Gasteiger partial charge in [-0.05, 0) is 65.9 Å². The molecule has 0 saturated heterocycles. The minimum atomic E-state index is -0.787. The maximum absolute atomic E-state index is 14.0. The second kappa shape index (κ2) is 11.0. The van der Waals surface area contributed by atoms with Crippen molar-refractivity contribution in [3.05, 3.63) is 35.4 Å². The van der Waals surface area contributed by atoms with Gasteiger partial charge in [-0.25, -0.2) is 4.79 Å². The summed E-state index contributed by atoms with van der Waals surface area (Å²) < 4.78 is 5.43. The molecule has 0 aromatic heterocycles. The molecule has 1 fully saturated rings. The summed E-state index contributed by atoms with van der Waals surface area (Å²) in [5, 5.41) is 5.79. The summed E-state index contributed by atoms with van der Waals surface area (Å²) >= 11 is 0. The number of nitrogens with zero attached hydrogens (tertiary/aromatic N) is 1. The van der Waals surface area contributed by atoms with Crippen LogP contribution < -0.4 is 10.6 Å². The van der Waals surface area contributed by atoms with Crippen LogP contribution in [0, 0.1) is 12.8 Å². The summed E-state index contributed by atoms with van der Waals surface area (Å²) in [5.41, 5.74) is 1.11. The van der Waals surface area contributed by atoms with E-state index in [2.05, 4.69) is 10.6 Å². The smallest absolute Gasteiger partial charge is 0.408 e. The van der Waals surface area contributed by atoms with Crippen molar-refractivity contribution >= 4 is 17.9 Å². The number of hydrogen-bond donors (Lipinski definition) is 2. The lowest BCUT2D eigenvalue weighted by molar-refractivity contribution is -0.144. The van der Waals surface area contributed by atoms with E-state index >= 15 is 0 Å². The number of ether oxygens (including phenoxy) is 1. The van der Waals surface area contributed by atoms with E-state index in [1.165, 1.54) is 0 Å². The van der Waals surface area contributed by atoms with Crippen molar-refractivity contribution in [2.75, 3.05) is 0 Å². The van der Waals surface area contributed by atoms with Crippen molar-refractivity contribution in [2.45, 2.75) is 104 Å². The molecule has 184 valence electrons. The summed E-state index contributed by atoms with van der Waals surface area (Å²) in [6, 6.07) is 6.06. The third-order valence-electron chi connectivity index (χ3n) is 5.66. The van der Waals surface area contributed by atoms with Crippen LogP contribution in [0.4, 0.5) is 4.79 Å². The van der Waals surface area contributed by atoms with Crippen molar-refractivity contribution < 1.29 is 19.1 Å². The molecule has 3 amide bonds. The van der Waals surface area contributed by atoms with Gasteiger partial charge in [0.15, 0.2) is 0 Å². The fourth-order valence-corrected chi connectivity index (χ4v) is 3.79. The number of benzene rings is 1. The molecule has 7 nitrogen and oxygen atoms in total. The first kappa shape index (κ1) is 26.7. The van der Waals surface area contributed by atoms with Gasteiger partial charge in [0.05, 0.1) is 0 Å². The summed E-state index contributed by atoms with van der Waals surface area (Å²) in [5.74, 6) is -0.586. The van der Waals surface area contributed by atoms with Crippen LogP contribution in [0.15, 0.2) is 24.3 Å². The number of rotatable bonds is 9. The Morgan fingerprint density at radius 1 is 1.12 bits per heavy atom. The Morgan fingerprint density at radius 2 is 1.76 bits per heavy atom. The van der Waals surface area contributed by atoms with Crippen molar-refractivity contribution in [2.24, 2.45) is 5.92 Å². The molecule has 7 heteroatoms. The molecule has 0 bridgehead atoms. The van der Waals surface area contributed by atoms with Crippen LogP contribution in [0.25, 0.3) is 0 Å². The van der Waals surface area contributed by atoms with E-state index in [4.69, 9.17) is 4.74 Å². The Labute approximate surface area is 198 Å². The highest BCUT2D eigenvalue weighted by molar-refractivity contribution is 5.92. The van der Waals surface area contributed by atoms with E-state index in [1.54, 1.807) is 25.7 Å². The Kier molecular flexibility index (Phi) is 8.92. The first-order valence-corrected chi connectivity index (χ1v) is 12.0. The van der Waals surface area contributed by atoms with Gasteiger partial charge in [0.1, 0.15) is 17.7 Å². The maximum atomic E-state index is 14.0. The van der Waals surface area contributed by atoms with Crippen LogP contribution in [0.5, 0.6) is 0 Å². The molecule has 1 aliphatic carbocycles. The molecular formula is C26H41N3O4. The Morgan fingerprint density at radius 3 is 2.24 bits per heavy atom. The molecule has 0 spiro atoms. The summed E-state index contributed by atoms with van der Waals surface area (Å²) in [4.78, 5) is 41.7. The fraction of sp³-hybridized carbons (Fsp3) is 0.654. The second-order valence-corrected chi connectivity index (χ2v) is 10.5. The van der Waals surface area contributed by atoms with E-state index in [9.17, 15) is 14.4 Å². The summed E-state index contributed by atoms with van der Waals surface area (Å²) in [7, 11) is 0. The lowest BCUT2D eigenvalue weighted by atomic mass is 9.95. The van der Waals surface area contributed by atoms with Gasteiger partial charge in [0, 0.05) is 12.1 Å². The van der Waals surface area contributed by atoms with E-state index < -0.39 is 23.8 Å². The molecule has 1 aliphatic rings. The average molecular weight is 460 g/mol. The van der Waals surface area contributed by atoms with Crippen LogP contribution >= 0.6 is 0 Å². The van der Waals surface area contributed by atoms with Crippen LogP contribution in [-0.2, 0) is 14.3 Å². The molecule has 2 rings (SSSR count). The Balaban J connectivity index is 2.45. The molecule has 1 aromatic rings. The highest BCUT2D eigenvalue weighted by Gasteiger charge is 2.45. The monoisotopic (exact) mass is 459 g/mol. The predicted molar refractivity (Wildman–Crippen MR) is 130 cm³/mol. The Hall–Kier alpha value is -2.57. The number of nitrogens with one attached hydrogen (secondary N) is 2. The first-order valence-electron chi connectivity index (χ1n) is 12.0. The number of alkyl carbamates (subject to hydrolysis) is 1. The van der Waals surface area contributed by atoms with Crippen LogP contribution in [0.2, 0.25) is 0 Å². The van der Waals surface area contributed by atoms with E-state index in [-0.39, 0.29) is 29.8 Å². The minimum Gasteiger partial charge on any atom is -0.444 e. The molecule has 3 unspecified atom stereocenters. The van der Waals surface area contributed by atoms with Gasteiger partial charge in [0.2, 0.25) is 11.8 Å². The number of hydrogen-bond acceptors (Lipinski definition) is 4. The lowest BCUT2D eigenvalue weighted by Crippen LogP contribution is -2.56. The topological polar surface area (TPSA) is 87.7 Å². The maximum Gasteiger partial charge on any atom is 0.408 e. The number of aryl methyl sites for hydroxylation is 1. The van der Waals surface area contributed by atoms with Gasteiger partial charge in [-0.15, -0.1) is 0 Å². The van der Waals surface area contributed by atoms with Crippen LogP contribution in [-0.4, -0.2) is 46.5 Å². The quantitative estimate of drug-likeness (QED) is 0.569. The number of carbonyl (C=O) groups excluding carboxylic acids is 3. The lowest BCUT2D eigenvalue weighted by Gasteiger charge is -2.36.